The molecule has 2 heteroatoms. The van der Waals surface area contributed by atoms with Crippen LogP contribution in [0.25, 0.3) is 0 Å². The molecule has 0 saturated heterocycles. The molecule has 0 aliphatic heterocycles. The van der Waals surface area contributed by atoms with E-state index in [9.17, 15) is 0 Å². The summed E-state index contributed by atoms with van der Waals surface area (Å²) in [5.74, 6) is 1.07. The van der Waals surface area contributed by atoms with Gasteiger partial charge in [0.2, 0.25) is 0 Å². The minimum absolute atomic E-state index is 1.07. The first-order valence-corrected chi connectivity index (χ1v) is 18.7. The number of alkyl halides is 1. The van der Waals surface area contributed by atoms with Crippen molar-refractivity contribution in [3.05, 3.63) is 0 Å². The lowest BCUT2D eigenvalue weighted by Crippen LogP contribution is -1.85. The Balaban J connectivity index is 3.00. The third-order valence-electron chi connectivity index (χ3n) is 7.79. The molecule has 35 heavy (non-hydrogen) atoms. The molecule has 0 bridgehead atoms. The van der Waals surface area contributed by atoms with Gasteiger partial charge in [-0.1, -0.05) is 209 Å². The van der Waals surface area contributed by atoms with Gasteiger partial charge in [-0.2, -0.15) is 12.6 Å². The Morgan fingerprint density at radius 1 is 0.229 bits per heavy atom. The fraction of sp³-hybridized carbons (Fsp3) is 1.00. The number of thiol groups is 1. The molecular formula is C33H67IS. The summed E-state index contributed by atoms with van der Waals surface area (Å²) < 4.78 is 1.34. The highest BCUT2D eigenvalue weighted by Crippen LogP contribution is 2.16. The van der Waals surface area contributed by atoms with E-state index in [2.05, 4.69) is 35.2 Å². The summed E-state index contributed by atoms with van der Waals surface area (Å²) in [6, 6.07) is 0. The first kappa shape index (κ1) is 36.1. The lowest BCUT2D eigenvalue weighted by Gasteiger charge is -2.04. The summed E-state index contributed by atoms with van der Waals surface area (Å²) in [5, 5.41) is 0. The Labute approximate surface area is 243 Å². The maximum atomic E-state index is 4.28. The van der Waals surface area contributed by atoms with Crippen LogP contribution in [0.5, 0.6) is 0 Å². The predicted molar refractivity (Wildman–Crippen MR) is 176 cm³/mol. The van der Waals surface area contributed by atoms with Crippen molar-refractivity contribution in [1.82, 2.24) is 0 Å². The van der Waals surface area contributed by atoms with Crippen molar-refractivity contribution >= 4 is 35.2 Å². The Bertz CT molecular complexity index is 314. The van der Waals surface area contributed by atoms with Crippen molar-refractivity contribution < 1.29 is 0 Å². The van der Waals surface area contributed by atoms with Gasteiger partial charge in [-0.25, -0.2) is 0 Å². The van der Waals surface area contributed by atoms with Gasteiger partial charge >= 0.3 is 0 Å². The SMILES string of the molecule is SCCCCCCCCCCCCCCCCCCCCCCCCCCCCCCCCCI. The first-order valence-electron chi connectivity index (χ1n) is 16.6. The van der Waals surface area contributed by atoms with E-state index in [1.165, 1.54) is 203 Å². The average Bonchev–Trinajstić information content (AvgIpc) is 2.87. The Kier molecular flexibility index (Phi) is 36.2. The zero-order chi connectivity index (χ0) is 25.3. The minimum Gasteiger partial charge on any atom is -0.179 e. The van der Waals surface area contributed by atoms with Crippen molar-refractivity contribution in [2.24, 2.45) is 0 Å². The highest BCUT2D eigenvalue weighted by molar-refractivity contribution is 14.1. The Morgan fingerprint density at radius 3 is 0.514 bits per heavy atom. The topological polar surface area (TPSA) is 0 Å². The highest BCUT2D eigenvalue weighted by Gasteiger charge is 1.97. The molecule has 0 heterocycles. The van der Waals surface area contributed by atoms with E-state index in [1.807, 2.05) is 0 Å². The van der Waals surface area contributed by atoms with Crippen LogP contribution in [0.2, 0.25) is 0 Å². The molecule has 0 atom stereocenters. The zero-order valence-corrected chi connectivity index (χ0v) is 27.2. The second-order valence-electron chi connectivity index (χ2n) is 11.4. The molecule has 0 unspecified atom stereocenters. The third kappa shape index (κ3) is 35.1. The molecule has 0 nitrogen and oxygen atoms in total. The van der Waals surface area contributed by atoms with Crippen LogP contribution in [-0.2, 0) is 0 Å². The maximum absolute atomic E-state index is 4.28. The lowest BCUT2D eigenvalue weighted by atomic mass is 10.0. The van der Waals surface area contributed by atoms with E-state index in [-0.39, 0.29) is 0 Å². The van der Waals surface area contributed by atoms with Crippen LogP contribution in [0.1, 0.15) is 199 Å². The second-order valence-corrected chi connectivity index (χ2v) is 12.9. The number of halogens is 1. The number of rotatable bonds is 32. The van der Waals surface area contributed by atoms with E-state index >= 15 is 0 Å². The van der Waals surface area contributed by atoms with Gasteiger partial charge < -0.3 is 0 Å². The van der Waals surface area contributed by atoms with E-state index in [1.54, 1.807) is 0 Å². The minimum atomic E-state index is 1.07. The van der Waals surface area contributed by atoms with Gasteiger partial charge in [0.1, 0.15) is 0 Å². The summed E-state index contributed by atoms with van der Waals surface area (Å²) in [7, 11) is 0. The summed E-state index contributed by atoms with van der Waals surface area (Å²) in [6.45, 7) is 0. The van der Waals surface area contributed by atoms with Crippen molar-refractivity contribution in [3.8, 4) is 0 Å². The standard InChI is InChI=1S/C33H67IS/c34-32-30-28-26-24-22-20-18-16-14-12-10-8-6-4-2-1-3-5-7-9-11-13-15-17-19-21-23-25-27-29-31-33-35/h35H,1-33H2. The quantitative estimate of drug-likeness (QED) is 0.0328. The van der Waals surface area contributed by atoms with Gasteiger partial charge in [0.25, 0.3) is 0 Å². The summed E-state index contributed by atoms with van der Waals surface area (Å²) in [5.41, 5.74) is 0. The highest BCUT2D eigenvalue weighted by atomic mass is 127. The molecule has 0 N–H and O–H groups in total. The van der Waals surface area contributed by atoms with Gasteiger partial charge in [-0.05, 0) is 23.0 Å². The largest absolute Gasteiger partial charge is 0.179 e. The molecule has 0 saturated carbocycles. The molecule has 0 radical (unpaired) electrons. The predicted octanol–water partition coefficient (Wildman–Crippen LogP) is 13.4. The molecule has 0 aromatic carbocycles. The number of hydrogen-bond acceptors (Lipinski definition) is 1. The van der Waals surface area contributed by atoms with Crippen LogP contribution in [0.3, 0.4) is 0 Å². The lowest BCUT2D eigenvalue weighted by molar-refractivity contribution is 0.513. The van der Waals surface area contributed by atoms with Gasteiger partial charge in [0.15, 0.2) is 0 Å². The molecule has 0 spiro atoms. The Hall–Kier alpha value is 1.08. The van der Waals surface area contributed by atoms with Crippen LogP contribution < -0.4 is 0 Å². The Morgan fingerprint density at radius 2 is 0.371 bits per heavy atom. The van der Waals surface area contributed by atoms with Gasteiger partial charge in [-0.3, -0.25) is 0 Å². The van der Waals surface area contributed by atoms with Crippen LogP contribution in [0, 0.1) is 0 Å². The molecule has 212 valence electrons. The van der Waals surface area contributed by atoms with E-state index in [0.717, 1.165) is 5.75 Å². The second kappa shape index (κ2) is 35.1. The average molecular weight is 623 g/mol. The van der Waals surface area contributed by atoms with Gasteiger partial charge in [-0.15, -0.1) is 0 Å². The van der Waals surface area contributed by atoms with Crippen molar-refractivity contribution in [3.63, 3.8) is 0 Å². The monoisotopic (exact) mass is 622 g/mol. The molecule has 0 aromatic heterocycles. The van der Waals surface area contributed by atoms with Crippen molar-refractivity contribution in [2.45, 2.75) is 199 Å². The van der Waals surface area contributed by atoms with E-state index in [4.69, 9.17) is 0 Å². The molecular weight excluding hydrogens is 555 g/mol. The van der Waals surface area contributed by atoms with Crippen molar-refractivity contribution in [1.29, 1.82) is 0 Å². The van der Waals surface area contributed by atoms with Crippen LogP contribution in [-0.4, -0.2) is 10.2 Å². The molecule has 0 aromatic rings. The van der Waals surface area contributed by atoms with E-state index in [0.29, 0.717) is 0 Å². The first-order chi connectivity index (χ1) is 17.4. The molecule has 0 fully saturated rings. The summed E-state index contributed by atoms with van der Waals surface area (Å²) >= 11 is 6.78. The fourth-order valence-corrected chi connectivity index (χ4v) is 6.10. The van der Waals surface area contributed by atoms with Gasteiger partial charge in [0.05, 0.1) is 0 Å². The van der Waals surface area contributed by atoms with Crippen LogP contribution in [0.4, 0.5) is 0 Å². The van der Waals surface area contributed by atoms with E-state index < -0.39 is 0 Å². The summed E-state index contributed by atoms with van der Waals surface area (Å²) in [4.78, 5) is 0. The molecule has 0 aliphatic rings. The van der Waals surface area contributed by atoms with Crippen LogP contribution in [0.15, 0.2) is 0 Å². The zero-order valence-electron chi connectivity index (χ0n) is 24.2. The number of hydrogen-bond donors (Lipinski definition) is 1. The maximum Gasteiger partial charge on any atom is -0.000473 e. The smallest absolute Gasteiger partial charge is 0.000473 e. The van der Waals surface area contributed by atoms with Gasteiger partial charge in [0, 0.05) is 0 Å². The molecule has 0 aliphatic carbocycles. The normalized spacial score (nSPS) is 11.5. The fourth-order valence-electron chi connectivity index (χ4n) is 5.33. The summed E-state index contributed by atoms with van der Waals surface area (Å²) in [6.07, 6.45) is 45.6. The van der Waals surface area contributed by atoms with Crippen molar-refractivity contribution in [2.75, 3.05) is 10.2 Å². The third-order valence-corrected chi connectivity index (χ3v) is 8.87. The molecule has 0 amide bonds. The van der Waals surface area contributed by atoms with Crippen LogP contribution >= 0.6 is 35.2 Å². The number of unbranched alkanes of at least 4 members (excludes halogenated alkanes) is 30. The molecule has 0 rings (SSSR count).